The summed E-state index contributed by atoms with van der Waals surface area (Å²) in [4.78, 5) is 4.06. The molecule has 1 aliphatic carbocycles. The first-order valence-electron chi connectivity index (χ1n) is 7.27. The Kier molecular flexibility index (Phi) is 4.38. The molecule has 1 aliphatic rings. The van der Waals surface area contributed by atoms with Crippen LogP contribution in [-0.2, 0) is 6.54 Å². The van der Waals surface area contributed by atoms with Gasteiger partial charge in [0.2, 0.25) is 0 Å². The highest BCUT2D eigenvalue weighted by atomic mass is 35.5. The number of aryl methyl sites for hydroxylation is 1. The summed E-state index contributed by atoms with van der Waals surface area (Å²) < 4.78 is 2.12. The zero-order valence-corrected chi connectivity index (χ0v) is 12.3. The van der Waals surface area contributed by atoms with E-state index in [-0.39, 0.29) is 0 Å². The molecule has 4 heteroatoms. The van der Waals surface area contributed by atoms with Crippen molar-refractivity contribution in [3.8, 4) is 0 Å². The molecule has 1 N–H and O–H groups in total. The van der Waals surface area contributed by atoms with Gasteiger partial charge < -0.3 is 9.88 Å². The molecule has 0 radical (unpaired) electrons. The molecular formula is C16H20ClN3. The molecule has 1 fully saturated rings. The van der Waals surface area contributed by atoms with Crippen molar-refractivity contribution in [3.63, 3.8) is 0 Å². The molecule has 20 heavy (non-hydrogen) atoms. The summed E-state index contributed by atoms with van der Waals surface area (Å²) in [6.45, 7) is 2.05. The second kappa shape index (κ2) is 6.42. The molecular weight excluding hydrogens is 270 g/mol. The summed E-state index contributed by atoms with van der Waals surface area (Å²) >= 11 is 5.97. The summed E-state index contributed by atoms with van der Waals surface area (Å²) in [5.74, 6) is 0.796. The number of aromatic nitrogens is 2. The maximum absolute atomic E-state index is 5.97. The molecule has 106 valence electrons. The van der Waals surface area contributed by atoms with Gasteiger partial charge in [0.05, 0.1) is 6.33 Å². The normalized spacial score (nSPS) is 16.2. The third kappa shape index (κ3) is 3.62. The zero-order chi connectivity index (χ0) is 13.8. The number of hydrogen-bond acceptors (Lipinski definition) is 2. The number of halogens is 1. The summed E-state index contributed by atoms with van der Waals surface area (Å²) in [5, 5.41) is 4.51. The van der Waals surface area contributed by atoms with Gasteiger partial charge in [-0.15, -0.1) is 0 Å². The van der Waals surface area contributed by atoms with Crippen LogP contribution in [0.2, 0.25) is 5.02 Å². The fourth-order valence-electron chi connectivity index (χ4n) is 2.59. The first-order valence-corrected chi connectivity index (χ1v) is 7.65. The fraction of sp³-hybridized carbons (Fsp3) is 0.438. The maximum atomic E-state index is 5.97. The van der Waals surface area contributed by atoms with Crippen molar-refractivity contribution in [1.29, 1.82) is 0 Å². The van der Waals surface area contributed by atoms with Gasteiger partial charge in [0.25, 0.3) is 0 Å². The highest BCUT2D eigenvalue weighted by molar-refractivity contribution is 6.30. The lowest BCUT2D eigenvalue weighted by atomic mass is 10.0. The van der Waals surface area contributed by atoms with Crippen LogP contribution in [0, 0.1) is 5.92 Å². The number of imidazole rings is 1. The minimum Gasteiger partial charge on any atom is -0.337 e. The van der Waals surface area contributed by atoms with E-state index in [1.807, 2.05) is 30.9 Å². The number of hydrogen-bond donors (Lipinski definition) is 1. The van der Waals surface area contributed by atoms with Crippen LogP contribution < -0.4 is 5.32 Å². The maximum Gasteiger partial charge on any atom is 0.0945 e. The quantitative estimate of drug-likeness (QED) is 0.788. The zero-order valence-electron chi connectivity index (χ0n) is 11.5. The van der Waals surface area contributed by atoms with Crippen LogP contribution in [0.15, 0.2) is 43.0 Å². The molecule has 1 unspecified atom stereocenters. The molecule has 0 amide bonds. The van der Waals surface area contributed by atoms with E-state index in [2.05, 4.69) is 27.0 Å². The van der Waals surface area contributed by atoms with Crippen LogP contribution in [0.5, 0.6) is 0 Å². The molecule has 1 aromatic carbocycles. The van der Waals surface area contributed by atoms with Crippen molar-refractivity contribution >= 4 is 11.6 Å². The monoisotopic (exact) mass is 289 g/mol. The number of rotatable bonds is 7. The van der Waals surface area contributed by atoms with E-state index in [4.69, 9.17) is 11.6 Å². The van der Waals surface area contributed by atoms with Crippen LogP contribution >= 0.6 is 11.6 Å². The number of nitrogens with zero attached hydrogens (tertiary/aromatic N) is 2. The fourth-order valence-corrected chi connectivity index (χ4v) is 2.72. The Balaban J connectivity index is 1.51. The summed E-state index contributed by atoms with van der Waals surface area (Å²) in [5.41, 5.74) is 1.36. The van der Waals surface area contributed by atoms with E-state index >= 15 is 0 Å². The van der Waals surface area contributed by atoms with Gasteiger partial charge in [0, 0.05) is 30.0 Å². The molecule has 0 saturated heterocycles. The third-order valence-electron chi connectivity index (χ3n) is 3.84. The van der Waals surface area contributed by atoms with E-state index in [9.17, 15) is 0 Å². The van der Waals surface area contributed by atoms with Gasteiger partial charge in [0.15, 0.2) is 0 Å². The lowest BCUT2D eigenvalue weighted by Gasteiger charge is -2.19. The summed E-state index contributed by atoms with van der Waals surface area (Å²) in [7, 11) is 0. The Labute approximate surface area is 125 Å². The van der Waals surface area contributed by atoms with E-state index < -0.39 is 0 Å². The third-order valence-corrected chi connectivity index (χ3v) is 4.09. The van der Waals surface area contributed by atoms with Crippen molar-refractivity contribution in [2.75, 3.05) is 6.54 Å². The first kappa shape index (κ1) is 13.7. The molecule has 0 spiro atoms. The standard InChI is InChI=1S/C16H20ClN3/c17-15-6-4-14(5-7-15)16(13-2-3-13)19-8-1-10-20-11-9-18-12-20/h4-7,9,11-13,16,19H,1-3,8,10H2. The Morgan fingerprint density at radius 2 is 2.10 bits per heavy atom. The van der Waals surface area contributed by atoms with E-state index in [0.717, 1.165) is 30.5 Å². The summed E-state index contributed by atoms with van der Waals surface area (Å²) in [6.07, 6.45) is 9.50. The molecule has 3 rings (SSSR count). The Bertz CT molecular complexity index is 517. The van der Waals surface area contributed by atoms with Gasteiger partial charge in [-0.25, -0.2) is 4.98 Å². The molecule has 2 aromatic rings. The van der Waals surface area contributed by atoms with E-state index in [0.29, 0.717) is 6.04 Å². The van der Waals surface area contributed by atoms with Crippen LogP contribution in [0.3, 0.4) is 0 Å². The molecule has 1 heterocycles. The van der Waals surface area contributed by atoms with Crippen molar-refractivity contribution in [1.82, 2.24) is 14.9 Å². The van der Waals surface area contributed by atoms with Gasteiger partial charge in [-0.2, -0.15) is 0 Å². The van der Waals surface area contributed by atoms with Gasteiger partial charge in [0.1, 0.15) is 0 Å². The highest BCUT2D eigenvalue weighted by Crippen LogP contribution is 2.41. The minimum absolute atomic E-state index is 0.482. The second-order valence-corrected chi connectivity index (χ2v) is 5.91. The predicted octanol–water partition coefficient (Wildman–Crippen LogP) is 3.67. The highest BCUT2D eigenvalue weighted by Gasteiger charge is 2.31. The predicted molar refractivity (Wildman–Crippen MR) is 81.8 cm³/mol. The van der Waals surface area contributed by atoms with Gasteiger partial charge in [-0.05, 0) is 49.4 Å². The van der Waals surface area contributed by atoms with Crippen LogP contribution in [0.1, 0.15) is 30.9 Å². The summed E-state index contributed by atoms with van der Waals surface area (Å²) in [6, 6.07) is 8.75. The van der Waals surface area contributed by atoms with Gasteiger partial charge in [-0.1, -0.05) is 23.7 Å². The van der Waals surface area contributed by atoms with Crippen molar-refractivity contribution in [2.45, 2.75) is 31.8 Å². The molecule has 0 bridgehead atoms. The average Bonchev–Trinajstić information content (AvgIpc) is 3.16. The van der Waals surface area contributed by atoms with Crippen molar-refractivity contribution in [2.24, 2.45) is 5.92 Å². The average molecular weight is 290 g/mol. The Morgan fingerprint density at radius 3 is 2.75 bits per heavy atom. The lowest BCUT2D eigenvalue weighted by molar-refractivity contribution is 0.462. The largest absolute Gasteiger partial charge is 0.337 e. The Morgan fingerprint density at radius 1 is 1.30 bits per heavy atom. The number of nitrogens with one attached hydrogen (secondary N) is 1. The first-order chi connectivity index (χ1) is 9.83. The minimum atomic E-state index is 0.482. The molecule has 1 saturated carbocycles. The van der Waals surface area contributed by atoms with Crippen molar-refractivity contribution in [3.05, 3.63) is 53.6 Å². The molecule has 1 aromatic heterocycles. The van der Waals surface area contributed by atoms with Gasteiger partial charge >= 0.3 is 0 Å². The van der Waals surface area contributed by atoms with E-state index in [1.54, 1.807) is 0 Å². The molecule has 1 atom stereocenters. The molecule has 0 aliphatic heterocycles. The van der Waals surface area contributed by atoms with Crippen LogP contribution in [0.4, 0.5) is 0 Å². The second-order valence-electron chi connectivity index (χ2n) is 5.47. The topological polar surface area (TPSA) is 29.9 Å². The van der Waals surface area contributed by atoms with Gasteiger partial charge in [-0.3, -0.25) is 0 Å². The van der Waals surface area contributed by atoms with Crippen LogP contribution in [-0.4, -0.2) is 16.1 Å². The SMILES string of the molecule is Clc1ccc(C(NCCCn2ccnc2)C2CC2)cc1. The van der Waals surface area contributed by atoms with E-state index in [1.165, 1.54) is 18.4 Å². The number of benzene rings is 1. The Hall–Kier alpha value is -1.32. The smallest absolute Gasteiger partial charge is 0.0945 e. The molecule has 3 nitrogen and oxygen atoms in total. The lowest BCUT2D eigenvalue weighted by Crippen LogP contribution is -2.24. The van der Waals surface area contributed by atoms with Crippen LogP contribution in [0.25, 0.3) is 0 Å². The van der Waals surface area contributed by atoms with Crippen molar-refractivity contribution < 1.29 is 0 Å².